The van der Waals surface area contributed by atoms with Crippen molar-refractivity contribution in [3.63, 3.8) is 0 Å². The molecule has 2 saturated heterocycles. The number of amides is 1. The Hall–Kier alpha value is -2.46. The number of anilines is 2. The van der Waals surface area contributed by atoms with Crippen LogP contribution in [0, 0.1) is 0 Å². The van der Waals surface area contributed by atoms with Gasteiger partial charge in [-0.15, -0.1) is 0 Å². The molecule has 1 amide bonds. The number of carbonyl (C=O) groups is 1. The lowest BCUT2D eigenvalue weighted by Crippen LogP contribution is -2.40. The van der Waals surface area contributed by atoms with E-state index in [1.807, 2.05) is 24.3 Å². The molecule has 9 heteroatoms. The topological polar surface area (TPSA) is 88.2 Å². The fraction of sp³-hybridized carbons (Fsp3) is 0.381. The average Bonchev–Trinajstić information content (AvgIpc) is 2.80. The van der Waals surface area contributed by atoms with Gasteiger partial charge in [-0.3, -0.25) is 4.79 Å². The van der Waals surface area contributed by atoms with Crippen molar-refractivity contribution in [2.75, 3.05) is 62.8 Å². The lowest BCUT2D eigenvalue weighted by atomic mass is 10.2. The van der Waals surface area contributed by atoms with Crippen LogP contribution in [-0.4, -0.2) is 71.2 Å². The first-order chi connectivity index (χ1) is 14.6. The molecule has 0 unspecified atom stereocenters. The van der Waals surface area contributed by atoms with Crippen molar-refractivity contribution in [1.29, 1.82) is 0 Å². The molecule has 0 bridgehead atoms. The smallest absolute Gasteiger partial charge is 0.255 e. The van der Waals surface area contributed by atoms with Crippen molar-refractivity contribution in [1.82, 2.24) is 4.31 Å². The van der Waals surface area contributed by atoms with Crippen LogP contribution in [0.3, 0.4) is 0 Å². The molecule has 2 aromatic rings. The first-order valence-electron chi connectivity index (χ1n) is 9.97. The largest absolute Gasteiger partial charge is 0.379 e. The highest BCUT2D eigenvalue weighted by atomic mass is 32.2. The molecular weight excluding hydrogens is 406 g/mol. The molecular formula is C21H25N3O5S. The van der Waals surface area contributed by atoms with Gasteiger partial charge in [-0.2, -0.15) is 4.31 Å². The number of carbonyl (C=O) groups excluding carboxylic acids is 1. The van der Waals surface area contributed by atoms with Crippen molar-refractivity contribution >= 4 is 27.3 Å². The monoisotopic (exact) mass is 431 g/mol. The summed E-state index contributed by atoms with van der Waals surface area (Å²) in [6, 6.07) is 13.7. The van der Waals surface area contributed by atoms with Gasteiger partial charge in [-0.25, -0.2) is 8.42 Å². The SMILES string of the molecule is O=C(Nc1ccccc1N1CCOCC1)c1ccc(S(=O)(=O)N2CCOCC2)cc1. The zero-order valence-electron chi connectivity index (χ0n) is 16.6. The lowest BCUT2D eigenvalue weighted by Gasteiger charge is -2.30. The van der Waals surface area contributed by atoms with E-state index in [1.165, 1.54) is 16.4 Å². The Labute approximate surface area is 176 Å². The molecule has 2 aliphatic heterocycles. The summed E-state index contributed by atoms with van der Waals surface area (Å²) in [4.78, 5) is 15.1. The normalized spacial score (nSPS) is 18.2. The molecule has 2 fully saturated rings. The number of para-hydroxylation sites is 2. The highest BCUT2D eigenvalue weighted by molar-refractivity contribution is 7.89. The van der Waals surface area contributed by atoms with Crippen LogP contribution in [0.25, 0.3) is 0 Å². The molecule has 0 aliphatic carbocycles. The molecule has 30 heavy (non-hydrogen) atoms. The Morgan fingerprint density at radius 1 is 0.833 bits per heavy atom. The fourth-order valence-corrected chi connectivity index (χ4v) is 4.98. The third-order valence-corrected chi connectivity index (χ3v) is 7.14. The van der Waals surface area contributed by atoms with Gasteiger partial charge in [0.1, 0.15) is 0 Å². The minimum absolute atomic E-state index is 0.176. The van der Waals surface area contributed by atoms with Crippen molar-refractivity contribution in [2.24, 2.45) is 0 Å². The van der Waals surface area contributed by atoms with Crippen LogP contribution in [0.1, 0.15) is 10.4 Å². The number of nitrogens with one attached hydrogen (secondary N) is 1. The van der Waals surface area contributed by atoms with Crippen LogP contribution in [0.4, 0.5) is 11.4 Å². The van der Waals surface area contributed by atoms with Crippen LogP contribution in [0.2, 0.25) is 0 Å². The number of nitrogens with zero attached hydrogens (tertiary/aromatic N) is 2. The first-order valence-corrected chi connectivity index (χ1v) is 11.4. The Morgan fingerprint density at radius 2 is 1.43 bits per heavy atom. The van der Waals surface area contributed by atoms with Gasteiger partial charge in [0, 0.05) is 31.7 Å². The van der Waals surface area contributed by atoms with E-state index in [1.54, 1.807) is 12.1 Å². The van der Waals surface area contributed by atoms with Crippen LogP contribution < -0.4 is 10.2 Å². The quantitative estimate of drug-likeness (QED) is 0.777. The predicted octanol–water partition coefficient (Wildman–Crippen LogP) is 1.80. The van der Waals surface area contributed by atoms with E-state index in [2.05, 4.69) is 10.2 Å². The molecule has 8 nitrogen and oxygen atoms in total. The molecule has 0 atom stereocenters. The maximum Gasteiger partial charge on any atom is 0.255 e. The van der Waals surface area contributed by atoms with Crippen LogP contribution in [0.5, 0.6) is 0 Å². The number of rotatable bonds is 5. The molecule has 2 heterocycles. The Balaban J connectivity index is 1.48. The first kappa shape index (κ1) is 20.8. The minimum atomic E-state index is -3.58. The van der Waals surface area contributed by atoms with Gasteiger partial charge >= 0.3 is 0 Å². The summed E-state index contributed by atoms with van der Waals surface area (Å²) in [6.45, 7) is 4.29. The molecule has 0 aromatic heterocycles. The molecule has 0 radical (unpaired) electrons. The minimum Gasteiger partial charge on any atom is -0.379 e. The third kappa shape index (κ3) is 4.49. The molecule has 0 spiro atoms. The molecule has 4 rings (SSSR count). The number of ether oxygens (including phenoxy) is 2. The highest BCUT2D eigenvalue weighted by Crippen LogP contribution is 2.27. The third-order valence-electron chi connectivity index (χ3n) is 5.23. The predicted molar refractivity (Wildman–Crippen MR) is 113 cm³/mol. The Morgan fingerprint density at radius 3 is 2.10 bits per heavy atom. The number of morpholine rings is 2. The van der Waals surface area contributed by atoms with Crippen LogP contribution >= 0.6 is 0 Å². The molecule has 2 aromatic carbocycles. The molecule has 2 aliphatic rings. The van der Waals surface area contributed by atoms with E-state index >= 15 is 0 Å². The number of benzene rings is 2. The zero-order chi connectivity index (χ0) is 21.0. The summed E-state index contributed by atoms with van der Waals surface area (Å²) in [6.07, 6.45) is 0. The van der Waals surface area contributed by atoms with E-state index in [9.17, 15) is 13.2 Å². The zero-order valence-corrected chi connectivity index (χ0v) is 17.4. The summed E-state index contributed by atoms with van der Waals surface area (Å²) in [7, 11) is -3.58. The van der Waals surface area contributed by atoms with Gasteiger partial charge in [-0.05, 0) is 36.4 Å². The molecule has 1 N–H and O–H groups in total. The second-order valence-corrected chi connectivity index (χ2v) is 9.05. The van der Waals surface area contributed by atoms with E-state index in [-0.39, 0.29) is 10.8 Å². The van der Waals surface area contributed by atoms with Gasteiger partial charge < -0.3 is 19.7 Å². The fourth-order valence-electron chi connectivity index (χ4n) is 3.57. The molecule has 0 saturated carbocycles. The maximum atomic E-state index is 12.8. The van der Waals surface area contributed by atoms with Crippen molar-refractivity contribution in [3.8, 4) is 0 Å². The van der Waals surface area contributed by atoms with E-state index in [0.29, 0.717) is 45.1 Å². The highest BCUT2D eigenvalue weighted by Gasteiger charge is 2.26. The van der Waals surface area contributed by atoms with Gasteiger partial charge in [-0.1, -0.05) is 12.1 Å². The van der Waals surface area contributed by atoms with Gasteiger partial charge in [0.05, 0.1) is 42.7 Å². The Kier molecular flexibility index (Phi) is 6.33. The van der Waals surface area contributed by atoms with E-state index in [0.717, 1.165) is 24.5 Å². The second-order valence-electron chi connectivity index (χ2n) is 7.11. The lowest BCUT2D eigenvalue weighted by molar-refractivity contribution is 0.0730. The summed E-state index contributed by atoms with van der Waals surface area (Å²) in [5, 5.41) is 2.95. The summed E-state index contributed by atoms with van der Waals surface area (Å²) < 4.78 is 37.5. The number of hydrogen-bond donors (Lipinski definition) is 1. The summed E-state index contributed by atoms with van der Waals surface area (Å²) in [5.41, 5.74) is 2.06. The molecule has 160 valence electrons. The van der Waals surface area contributed by atoms with Crippen molar-refractivity contribution in [3.05, 3.63) is 54.1 Å². The van der Waals surface area contributed by atoms with Gasteiger partial charge in [0.25, 0.3) is 5.91 Å². The number of hydrogen-bond acceptors (Lipinski definition) is 6. The van der Waals surface area contributed by atoms with Gasteiger partial charge in [0.15, 0.2) is 0 Å². The maximum absolute atomic E-state index is 12.8. The van der Waals surface area contributed by atoms with Crippen LogP contribution in [0.15, 0.2) is 53.4 Å². The summed E-state index contributed by atoms with van der Waals surface area (Å²) in [5.74, 6) is -0.286. The van der Waals surface area contributed by atoms with E-state index < -0.39 is 10.0 Å². The summed E-state index contributed by atoms with van der Waals surface area (Å²) >= 11 is 0. The number of sulfonamides is 1. The van der Waals surface area contributed by atoms with Crippen LogP contribution in [-0.2, 0) is 19.5 Å². The van der Waals surface area contributed by atoms with Crippen molar-refractivity contribution < 1.29 is 22.7 Å². The van der Waals surface area contributed by atoms with Gasteiger partial charge in [0.2, 0.25) is 10.0 Å². The van der Waals surface area contributed by atoms with Crippen molar-refractivity contribution in [2.45, 2.75) is 4.90 Å². The average molecular weight is 432 g/mol. The van der Waals surface area contributed by atoms with E-state index in [4.69, 9.17) is 9.47 Å². The standard InChI is InChI=1S/C21H25N3O5S/c25-21(22-19-3-1-2-4-20(19)23-9-13-28-14-10-23)17-5-7-18(8-6-17)30(26,27)24-11-15-29-16-12-24/h1-8H,9-16H2,(H,22,25). The second kappa shape index (κ2) is 9.13. The Bertz CT molecular complexity index is 982.